The lowest BCUT2D eigenvalue weighted by Crippen LogP contribution is -2.45. The van der Waals surface area contributed by atoms with Crippen LogP contribution in [0.3, 0.4) is 0 Å². The molecule has 1 fully saturated rings. The number of amides is 1. The van der Waals surface area contributed by atoms with Crippen molar-refractivity contribution in [1.29, 1.82) is 0 Å². The first kappa shape index (κ1) is 20.4. The fourth-order valence-corrected chi connectivity index (χ4v) is 4.85. The number of carbonyl (C=O) groups is 1. The van der Waals surface area contributed by atoms with Crippen molar-refractivity contribution in [3.8, 4) is 12.3 Å². The summed E-state index contributed by atoms with van der Waals surface area (Å²) in [5.41, 5.74) is -0.454. The number of benzene rings is 1. The highest BCUT2D eigenvalue weighted by Crippen LogP contribution is 2.36. The van der Waals surface area contributed by atoms with Crippen molar-refractivity contribution in [3.05, 3.63) is 30.1 Å². The van der Waals surface area contributed by atoms with Crippen molar-refractivity contribution in [2.75, 3.05) is 19.6 Å². The number of rotatable bonds is 8. The lowest BCUT2D eigenvalue weighted by Gasteiger charge is -2.31. The predicted molar refractivity (Wildman–Crippen MR) is 101 cm³/mol. The Bertz CT molecular complexity index is 887. The summed E-state index contributed by atoms with van der Waals surface area (Å²) in [5, 5.41) is 10.9. The Labute approximate surface area is 164 Å². The molecule has 0 spiro atoms. The largest absolute Gasteiger partial charge is 0.356 e. The monoisotopic (exact) mass is 406 g/mol. The van der Waals surface area contributed by atoms with Crippen molar-refractivity contribution >= 4 is 15.9 Å². The minimum absolute atomic E-state index is 0.0300. The average molecular weight is 406 g/mol. The smallest absolute Gasteiger partial charge is 0.243 e. The predicted octanol–water partition coefficient (Wildman–Crippen LogP) is 2.31. The van der Waals surface area contributed by atoms with Crippen molar-refractivity contribution < 1.29 is 17.6 Å². The van der Waals surface area contributed by atoms with E-state index in [0.29, 0.717) is 45.2 Å². The second-order valence-corrected chi connectivity index (χ2v) is 9.02. The van der Waals surface area contributed by atoms with Gasteiger partial charge in [0.2, 0.25) is 15.9 Å². The molecule has 1 N–H and O–H groups in total. The molecule has 1 unspecified atom stereocenters. The zero-order chi connectivity index (χ0) is 20.2. The molecule has 1 atom stereocenters. The number of nitrogens with zero attached hydrogens (tertiary/aromatic N) is 3. The number of carbonyl (C=O) groups excluding carboxylic acids is 1. The summed E-state index contributed by atoms with van der Waals surface area (Å²) in [6.45, 7) is 0.872. The van der Waals surface area contributed by atoms with E-state index >= 15 is 0 Å². The Kier molecular flexibility index (Phi) is 6.10. The lowest BCUT2D eigenvalue weighted by molar-refractivity contribution is -0.126. The Morgan fingerprint density at radius 1 is 1.32 bits per heavy atom. The molecule has 7 nitrogen and oxygen atoms in total. The third kappa shape index (κ3) is 4.75. The van der Waals surface area contributed by atoms with E-state index in [1.165, 1.54) is 16.4 Å². The van der Waals surface area contributed by atoms with Crippen LogP contribution in [0.15, 0.2) is 39.4 Å². The van der Waals surface area contributed by atoms with Crippen LogP contribution in [0.2, 0.25) is 0 Å². The molecule has 0 aliphatic carbocycles. The molecule has 2 aliphatic rings. The zero-order valence-corrected chi connectivity index (χ0v) is 16.3. The summed E-state index contributed by atoms with van der Waals surface area (Å²) in [7, 11) is -3.75. The maximum Gasteiger partial charge on any atom is 0.243 e. The molecule has 9 heteroatoms. The minimum Gasteiger partial charge on any atom is -0.356 e. The van der Waals surface area contributed by atoms with Gasteiger partial charge in [0.15, 0.2) is 5.66 Å². The normalized spacial score (nSPS) is 21.1. The first-order valence-electron chi connectivity index (χ1n) is 9.27. The molecule has 0 aromatic heterocycles. The van der Waals surface area contributed by atoms with Gasteiger partial charge in [-0.25, -0.2) is 12.8 Å². The van der Waals surface area contributed by atoms with Crippen molar-refractivity contribution in [2.45, 2.75) is 42.7 Å². The molecular formula is C19H23FN4O3S. The third-order valence-corrected chi connectivity index (χ3v) is 6.96. The quantitative estimate of drug-likeness (QED) is 0.672. The van der Waals surface area contributed by atoms with Gasteiger partial charge in [-0.1, -0.05) is 0 Å². The van der Waals surface area contributed by atoms with E-state index in [1.807, 2.05) is 0 Å². The fourth-order valence-electron chi connectivity index (χ4n) is 3.33. The van der Waals surface area contributed by atoms with E-state index in [9.17, 15) is 17.6 Å². The molecule has 0 saturated carbocycles. The van der Waals surface area contributed by atoms with Gasteiger partial charge in [0.1, 0.15) is 5.82 Å². The first-order valence-corrected chi connectivity index (χ1v) is 10.7. The molecule has 150 valence electrons. The van der Waals surface area contributed by atoms with Crippen LogP contribution in [0, 0.1) is 24.1 Å². The summed E-state index contributed by atoms with van der Waals surface area (Å²) in [5.74, 6) is 1.47. The number of piperidine rings is 1. The minimum atomic E-state index is -3.75. The SMILES string of the molecule is C#CCCC1(CCNC(=O)C2CCCN(S(=O)(=O)c3ccc(F)cc3)C2)N=N1. The summed E-state index contributed by atoms with van der Waals surface area (Å²) >= 11 is 0. The van der Waals surface area contributed by atoms with Crippen LogP contribution in [0.25, 0.3) is 0 Å². The van der Waals surface area contributed by atoms with Crippen LogP contribution in [0.4, 0.5) is 4.39 Å². The number of terminal acetylenes is 1. The van der Waals surface area contributed by atoms with Crippen LogP contribution in [-0.4, -0.2) is 43.9 Å². The summed E-state index contributed by atoms with van der Waals surface area (Å²) < 4.78 is 39.9. The molecule has 1 aromatic rings. The van der Waals surface area contributed by atoms with Crippen LogP contribution in [0.1, 0.15) is 32.1 Å². The second-order valence-electron chi connectivity index (χ2n) is 7.08. The molecule has 1 aromatic carbocycles. The van der Waals surface area contributed by atoms with Crippen LogP contribution < -0.4 is 5.32 Å². The van der Waals surface area contributed by atoms with Crippen LogP contribution in [0.5, 0.6) is 0 Å². The van der Waals surface area contributed by atoms with Gasteiger partial charge in [-0.05, 0) is 37.1 Å². The van der Waals surface area contributed by atoms with E-state index in [0.717, 1.165) is 12.1 Å². The molecule has 1 amide bonds. The van der Waals surface area contributed by atoms with Gasteiger partial charge >= 0.3 is 0 Å². The summed E-state index contributed by atoms with van der Waals surface area (Å²) in [4.78, 5) is 12.5. The molecule has 0 bridgehead atoms. The standard InChI is InChI=1S/C19H23FN4O3S/c1-2-3-10-19(22-23-19)11-12-21-18(25)15-5-4-13-24(14-15)28(26,27)17-8-6-16(20)7-9-17/h1,6-9,15H,3-5,10-14H2,(H,21,25). The molecule has 1 saturated heterocycles. The molecule has 2 aliphatic heterocycles. The van der Waals surface area contributed by atoms with Gasteiger partial charge in [0, 0.05) is 38.9 Å². The Hall–Kier alpha value is -2.31. The van der Waals surface area contributed by atoms with Crippen molar-refractivity contribution in [2.24, 2.45) is 16.1 Å². The van der Waals surface area contributed by atoms with Crippen LogP contribution in [-0.2, 0) is 14.8 Å². The number of nitrogens with one attached hydrogen (secondary N) is 1. The van der Waals surface area contributed by atoms with Gasteiger partial charge in [-0.3, -0.25) is 4.79 Å². The number of halogens is 1. The van der Waals surface area contributed by atoms with Crippen molar-refractivity contribution in [1.82, 2.24) is 9.62 Å². The van der Waals surface area contributed by atoms with E-state index in [4.69, 9.17) is 6.42 Å². The van der Waals surface area contributed by atoms with E-state index in [-0.39, 0.29) is 17.3 Å². The van der Waals surface area contributed by atoms with Gasteiger partial charge in [-0.15, -0.1) is 12.3 Å². The summed E-state index contributed by atoms with van der Waals surface area (Å²) in [6, 6.07) is 4.72. The highest BCUT2D eigenvalue weighted by molar-refractivity contribution is 7.89. The molecule has 28 heavy (non-hydrogen) atoms. The number of hydrogen-bond donors (Lipinski definition) is 1. The maximum atomic E-state index is 13.1. The first-order chi connectivity index (χ1) is 13.4. The Morgan fingerprint density at radius 3 is 2.68 bits per heavy atom. The fraction of sp³-hybridized carbons (Fsp3) is 0.526. The molecule has 3 rings (SSSR count). The number of hydrogen-bond acceptors (Lipinski definition) is 5. The second kappa shape index (κ2) is 8.37. The van der Waals surface area contributed by atoms with E-state index < -0.39 is 27.4 Å². The third-order valence-electron chi connectivity index (χ3n) is 5.08. The highest BCUT2D eigenvalue weighted by atomic mass is 32.2. The highest BCUT2D eigenvalue weighted by Gasteiger charge is 2.39. The van der Waals surface area contributed by atoms with Gasteiger partial charge < -0.3 is 5.32 Å². The Morgan fingerprint density at radius 2 is 2.04 bits per heavy atom. The average Bonchev–Trinajstić information content (AvgIpc) is 3.47. The van der Waals surface area contributed by atoms with Crippen LogP contribution >= 0.6 is 0 Å². The molecule has 2 heterocycles. The zero-order valence-electron chi connectivity index (χ0n) is 15.5. The number of sulfonamides is 1. The molecular weight excluding hydrogens is 383 g/mol. The topological polar surface area (TPSA) is 91.2 Å². The Balaban J connectivity index is 1.53. The summed E-state index contributed by atoms with van der Waals surface area (Å²) in [6.07, 6.45) is 8.32. The lowest BCUT2D eigenvalue weighted by atomic mass is 9.98. The van der Waals surface area contributed by atoms with Gasteiger partial charge in [0.25, 0.3) is 0 Å². The molecule has 0 radical (unpaired) electrons. The van der Waals surface area contributed by atoms with Gasteiger partial charge in [0.05, 0.1) is 10.8 Å². The van der Waals surface area contributed by atoms with E-state index in [1.54, 1.807) is 0 Å². The van der Waals surface area contributed by atoms with E-state index in [2.05, 4.69) is 21.5 Å². The van der Waals surface area contributed by atoms with Crippen molar-refractivity contribution in [3.63, 3.8) is 0 Å². The maximum absolute atomic E-state index is 13.1. The van der Waals surface area contributed by atoms with Gasteiger partial charge in [-0.2, -0.15) is 14.5 Å².